The van der Waals surface area contributed by atoms with Gasteiger partial charge in [0.1, 0.15) is 12.3 Å². The first-order valence-corrected chi connectivity index (χ1v) is 8.75. The molecule has 2 aliphatic heterocycles. The first-order chi connectivity index (χ1) is 11.7. The molecule has 0 aromatic carbocycles. The van der Waals surface area contributed by atoms with E-state index in [0.29, 0.717) is 30.8 Å². The van der Waals surface area contributed by atoms with Crippen LogP contribution in [-0.4, -0.2) is 66.6 Å². The summed E-state index contributed by atoms with van der Waals surface area (Å²) in [7, 11) is 0. The maximum absolute atomic E-state index is 12.4. The van der Waals surface area contributed by atoms with E-state index in [1.165, 1.54) is 0 Å². The molecule has 0 bridgehead atoms. The molecular formula is C16H26N4O4. The van der Waals surface area contributed by atoms with E-state index in [1.807, 2.05) is 0 Å². The lowest BCUT2D eigenvalue weighted by Crippen LogP contribution is -2.49. The van der Waals surface area contributed by atoms with Crippen LogP contribution in [0.15, 0.2) is 4.63 Å². The van der Waals surface area contributed by atoms with Crippen LogP contribution >= 0.6 is 0 Å². The average molecular weight is 338 g/mol. The molecule has 2 fully saturated rings. The molecule has 0 spiro atoms. The SMILES string of the molecule is Cc1nonc1OCCNC(=O)[C@H]1CCCN(C2CCOCC2)C1. The predicted octanol–water partition coefficient (Wildman–Crippen LogP) is 0.764. The Hall–Kier alpha value is -1.67. The number of hydrogen-bond donors (Lipinski definition) is 1. The Labute approximate surface area is 141 Å². The third-order valence-electron chi connectivity index (χ3n) is 4.78. The van der Waals surface area contributed by atoms with Gasteiger partial charge >= 0.3 is 0 Å². The first-order valence-electron chi connectivity index (χ1n) is 8.75. The predicted molar refractivity (Wildman–Crippen MR) is 85.7 cm³/mol. The average Bonchev–Trinajstić information content (AvgIpc) is 3.04. The zero-order valence-electron chi connectivity index (χ0n) is 14.2. The number of carbonyl (C=O) groups excluding carboxylic acids is 1. The van der Waals surface area contributed by atoms with Crippen molar-refractivity contribution in [2.24, 2.45) is 5.92 Å². The lowest BCUT2D eigenvalue weighted by molar-refractivity contribution is -0.127. The monoisotopic (exact) mass is 338 g/mol. The number of aromatic nitrogens is 2. The molecule has 134 valence electrons. The molecule has 24 heavy (non-hydrogen) atoms. The van der Waals surface area contributed by atoms with E-state index in [2.05, 4.69) is 25.2 Å². The van der Waals surface area contributed by atoms with Crippen molar-refractivity contribution < 1.29 is 18.9 Å². The summed E-state index contributed by atoms with van der Waals surface area (Å²) >= 11 is 0. The molecule has 8 nitrogen and oxygen atoms in total. The van der Waals surface area contributed by atoms with Crippen molar-refractivity contribution in [3.8, 4) is 5.88 Å². The van der Waals surface area contributed by atoms with Crippen molar-refractivity contribution in [3.05, 3.63) is 5.69 Å². The Kier molecular flexibility index (Phi) is 6.03. The van der Waals surface area contributed by atoms with Gasteiger partial charge in [-0.25, -0.2) is 4.63 Å². The summed E-state index contributed by atoms with van der Waals surface area (Å²) < 4.78 is 15.4. The van der Waals surface area contributed by atoms with E-state index in [9.17, 15) is 4.79 Å². The van der Waals surface area contributed by atoms with Crippen LogP contribution in [0.2, 0.25) is 0 Å². The highest BCUT2D eigenvalue weighted by Crippen LogP contribution is 2.23. The van der Waals surface area contributed by atoms with Crippen molar-refractivity contribution in [1.29, 1.82) is 0 Å². The van der Waals surface area contributed by atoms with Crippen LogP contribution in [0.5, 0.6) is 5.88 Å². The van der Waals surface area contributed by atoms with Crippen LogP contribution in [0, 0.1) is 12.8 Å². The Balaban J connectivity index is 1.38. The molecule has 2 aliphatic rings. The molecule has 3 rings (SSSR count). The number of amides is 1. The number of rotatable bonds is 6. The number of nitrogens with zero attached hydrogens (tertiary/aromatic N) is 3. The van der Waals surface area contributed by atoms with Crippen LogP contribution in [0.1, 0.15) is 31.4 Å². The molecule has 1 aromatic rings. The van der Waals surface area contributed by atoms with E-state index < -0.39 is 0 Å². The highest BCUT2D eigenvalue weighted by atomic mass is 16.6. The van der Waals surface area contributed by atoms with Gasteiger partial charge in [-0.2, -0.15) is 0 Å². The highest BCUT2D eigenvalue weighted by Gasteiger charge is 2.30. The summed E-state index contributed by atoms with van der Waals surface area (Å²) in [6.45, 7) is 6.20. The van der Waals surface area contributed by atoms with Gasteiger partial charge < -0.3 is 14.8 Å². The fourth-order valence-corrected chi connectivity index (χ4v) is 3.42. The zero-order valence-corrected chi connectivity index (χ0v) is 14.2. The largest absolute Gasteiger partial charge is 0.472 e. The van der Waals surface area contributed by atoms with Crippen LogP contribution in [0.4, 0.5) is 0 Å². The van der Waals surface area contributed by atoms with Gasteiger partial charge in [-0.1, -0.05) is 5.16 Å². The zero-order chi connectivity index (χ0) is 16.8. The molecule has 1 amide bonds. The molecular weight excluding hydrogens is 312 g/mol. The summed E-state index contributed by atoms with van der Waals surface area (Å²) in [6, 6.07) is 0.570. The summed E-state index contributed by atoms with van der Waals surface area (Å²) in [5, 5.41) is 10.3. The van der Waals surface area contributed by atoms with Crippen molar-refractivity contribution in [2.45, 2.75) is 38.6 Å². The number of hydrogen-bond acceptors (Lipinski definition) is 7. The van der Waals surface area contributed by atoms with Gasteiger partial charge in [0.05, 0.1) is 12.5 Å². The van der Waals surface area contributed by atoms with Crippen molar-refractivity contribution in [1.82, 2.24) is 20.5 Å². The van der Waals surface area contributed by atoms with Crippen molar-refractivity contribution in [3.63, 3.8) is 0 Å². The molecule has 1 aromatic heterocycles. The molecule has 0 unspecified atom stereocenters. The molecule has 0 aliphatic carbocycles. The van der Waals surface area contributed by atoms with Crippen LogP contribution in [0.25, 0.3) is 0 Å². The van der Waals surface area contributed by atoms with E-state index in [1.54, 1.807) is 6.92 Å². The minimum atomic E-state index is 0.0667. The summed E-state index contributed by atoms with van der Waals surface area (Å²) in [4.78, 5) is 14.9. The molecule has 1 atom stereocenters. The van der Waals surface area contributed by atoms with Gasteiger partial charge in [-0.05, 0) is 44.3 Å². The fraction of sp³-hybridized carbons (Fsp3) is 0.812. The van der Waals surface area contributed by atoms with Gasteiger partial charge in [-0.3, -0.25) is 9.69 Å². The molecule has 2 saturated heterocycles. The quantitative estimate of drug-likeness (QED) is 0.766. The number of piperidine rings is 1. The topological polar surface area (TPSA) is 89.7 Å². The van der Waals surface area contributed by atoms with Gasteiger partial charge in [0.25, 0.3) is 5.88 Å². The summed E-state index contributed by atoms with van der Waals surface area (Å²) in [5.74, 6) is 0.565. The lowest BCUT2D eigenvalue weighted by atomic mass is 9.94. The van der Waals surface area contributed by atoms with E-state index in [-0.39, 0.29) is 11.8 Å². The Morgan fingerprint density at radius 3 is 2.92 bits per heavy atom. The number of likely N-dealkylation sites (tertiary alicyclic amines) is 1. The minimum absolute atomic E-state index is 0.0667. The van der Waals surface area contributed by atoms with Crippen molar-refractivity contribution >= 4 is 5.91 Å². The molecule has 8 heteroatoms. The minimum Gasteiger partial charge on any atom is -0.472 e. The molecule has 1 N–H and O–H groups in total. The van der Waals surface area contributed by atoms with Crippen LogP contribution < -0.4 is 10.1 Å². The van der Waals surface area contributed by atoms with Gasteiger partial charge in [0.15, 0.2) is 0 Å². The Bertz CT molecular complexity index is 530. The van der Waals surface area contributed by atoms with Gasteiger partial charge in [-0.15, -0.1) is 0 Å². The smallest absolute Gasteiger partial charge is 0.278 e. The maximum Gasteiger partial charge on any atom is 0.278 e. The van der Waals surface area contributed by atoms with Crippen LogP contribution in [-0.2, 0) is 9.53 Å². The third-order valence-corrected chi connectivity index (χ3v) is 4.78. The van der Waals surface area contributed by atoms with E-state index >= 15 is 0 Å². The second-order valence-electron chi connectivity index (χ2n) is 6.47. The second-order valence-corrected chi connectivity index (χ2v) is 6.47. The molecule has 0 saturated carbocycles. The Morgan fingerprint density at radius 2 is 2.17 bits per heavy atom. The molecule has 3 heterocycles. The number of nitrogens with one attached hydrogen (secondary N) is 1. The standard InChI is InChI=1S/C16H26N4O4/c1-12-16(19-24-18-12)23-10-6-17-15(21)13-3-2-7-20(11-13)14-4-8-22-9-5-14/h13-14H,2-11H2,1H3,(H,17,21)/t13-/m0/s1. The third kappa shape index (κ3) is 4.45. The van der Waals surface area contributed by atoms with E-state index in [4.69, 9.17) is 9.47 Å². The number of aryl methyl sites for hydroxylation is 1. The number of ether oxygens (including phenoxy) is 2. The fourth-order valence-electron chi connectivity index (χ4n) is 3.42. The van der Waals surface area contributed by atoms with Gasteiger partial charge in [0, 0.05) is 25.8 Å². The van der Waals surface area contributed by atoms with Gasteiger partial charge in [0.2, 0.25) is 5.91 Å². The second kappa shape index (κ2) is 8.43. The van der Waals surface area contributed by atoms with E-state index in [0.717, 1.165) is 52.0 Å². The normalized spacial score (nSPS) is 23.1. The summed E-state index contributed by atoms with van der Waals surface area (Å²) in [6.07, 6.45) is 4.19. The van der Waals surface area contributed by atoms with Crippen molar-refractivity contribution in [2.75, 3.05) is 39.5 Å². The Morgan fingerprint density at radius 1 is 1.33 bits per heavy atom. The summed E-state index contributed by atoms with van der Waals surface area (Å²) in [5.41, 5.74) is 0.612. The molecule has 0 radical (unpaired) electrons. The number of carbonyl (C=O) groups is 1. The first kappa shape index (κ1) is 17.2. The highest BCUT2D eigenvalue weighted by molar-refractivity contribution is 5.78. The maximum atomic E-state index is 12.4. The lowest BCUT2D eigenvalue weighted by Gasteiger charge is -2.39. The van der Waals surface area contributed by atoms with Crippen LogP contribution in [0.3, 0.4) is 0 Å².